The molecule has 5 aromatic heterocycles. The van der Waals surface area contributed by atoms with Crippen molar-refractivity contribution in [3.63, 3.8) is 0 Å². The molecule has 0 saturated carbocycles. The van der Waals surface area contributed by atoms with Gasteiger partial charge >= 0.3 is 157 Å². The molecule has 10 rings (SSSR count). The summed E-state index contributed by atoms with van der Waals surface area (Å²) in [4.78, 5) is 73.3. The van der Waals surface area contributed by atoms with Crippen molar-refractivity contribution in [2.24, 2.45) is 5.73 Å². The fourth-order valence-electron chi connectivity index (χ4n) is 7.38. The number of carbonyl (C=O) groups is 5. The molecule has 0 aliphatic rings. The number of carboxylic acid groups (broad SMARTS) is 2. The number of aromatic nitrogens is 5. The third-order valence-corrected chi connectivity index (χ3v) is 14.0. The minimum atomic E-state index is -1.43. The molecule has 0 bridgehead atoms. The van der Waals surface area contributed by atoms with E-state index in [2.05, 4.69) is 34.5 Å². The van der Waals surface area contributed by atoms with Crippen molar-refractivity contribution in [2.75, 3.05) is 35.0 Å². The second kappa shape index (κ2) is 62.7. The van der Waals surface area contributed by atoms with Gasteiger partial charge < -0.3 is 67.5 Å². The van der Waals surface area contributed by atoms with Crippen LogP contribution in [0.5, 0.6) is 17.2 Å². The second-order valence-corrected chi connectivity index (χ2v) is 22.3. The van der Waals surface area contributed by atoms with Gasteiger partial charge in [-0.05, 0) is 119 Å². The molecule has 5 aromatic carbocycles. The first kappa shape index (κ1) is 110. The van der Waals surface area contributed by atoms with Crippen LogP contribution in [0.4, 0.5) is 0 Å². The Hall–Kier alpha value is -5.83. The van der Waals surface area contributed by atoms with Crippen LogP contribution in [0.15, 0.2) is 183 Å². The number of rotatable bonds is 13. The number of methoxy groups -OCH3 is 2. The monoisotopic (exact) mass is 1770 g/mol. The number of aromatic carboxylic acids is 1. The standard InChI is InChI=1S/C15H12ClNO4.C13H9ClN2O.C12H6Cl2N2.C12H8ClNO3.C6H6BClO2.C6H2Cl2N2.C3H7NO2.CH2O3.CH4O.CH3O.BrH.2K.Na.H/c16-11-3-1-2-9(6-11)10-7-13(19)15(17-8-10)12(18)4-5-14(20)21;1-17-13-6-10(8-16-12(13)7-15)9-3-2-4-11(14)5-9;13-10-3-1-2-8(4-10)9-5-11(14)12(6-15)16-7-9;13-9-3-1-2-7(4-9)8-5-10(15)11(12(16)17)14-6-8;8-6-3-1-2-5(4-6)7(9)10;7-4-1-5(8)6(2-9)10-3-4;1-6-3(5)2-4;2-1-4-3;2*1-2;;;;;/h1-3,6-8,19H,4-5H2,(H,20,21);2-6,8H,1H3;1-5,7H;1-6,15H,(H,16,17);1-4,9-10H;1,3H;2,4H2,1H3;1,3H;2H,1H3;1H3;1H;;;;/q;;;;;;;;;-1;;3*+1;-1/p-1. The van der Waals surface area contributed by atoms with Gasteiger partial charge in [-0.1, -0.05) is 153 Å². The molecule has 556 valence electrons. The third kappa shape index (κ3) is 42.6. The molecule has 0 fully saturated rings. The number of nitrogens with two attached hydrogens (primary N) is 1. The minimum Gasteiger partial charge on any atom is -1.00 e. The van der Waals surface area contributed by atoms with E-state index in [0.29, 0.717) is 57.5 Å². The number of halogens is 9. The van der Waals surface area contributed by atoms with Crippen LogP contribution < -0.4 is 159 Å². The van der Waals surface area contributed by atoms with E-state index in [-0.39, 0.29) is 228 Å². The number of nitriles is 3. The van der Waals surface area contributed by atoms with Gasteiger partial charge in [-0.2, -0.15) is 22.9 Å². The molecule has 0 amide bonds. The Kier molecular flexibility index (Phi) is 63.0. The molecule has 0 radical (unpaired) electrons. The van der Waals surface area contributed by atoms with Gasteiger partial charge in [0.25, 0.3) is 6.47 Å². The van der Waals surface area contributed by atoms with Crippen molar-refractivity contribution < 1.29 is 218 Å². The van der Waals surface area contributed by atoms with Crippen LogP contribution in [0.25, 0.3) is 44.5 Å². The normalized spacial score (nSPS) is 8.94. The summed E-state index contributed by atoms with van der Waals surface area (Å²) >= 11 is 46.1. The van der Waals surface area contributed by atoms with Crippen molar-refractivity contribution in [2.45, 2.75) is 12.8 Å². The number of nitrogens with zero attached hydrogens (tertiary/aromatic N) is 8. The van der Waals surface area contributed by atoms with Crippen LogP contribution in [0.1, 0.15) is 52.3 Å². The number of pyridine rings is 5. The van der Waals surface area contributed by atoms with E-state index in [1.807, 2.05) is 54.6 Å². The zero-order valence-corrected chi connectivity index (χ0v) is 74.4. The maximum absolute atomic E-state index is 11.8. The molecule has 0 atom stereocenters. The number of aliphatic hydroxyl groups is 1. The Bertz CT molecular complexity index is 4650. The van der Waals surface area contributed by atoms with E-state index in [0.717, 1.165) is 47.6 Å². The summed E-state index contributed by atoms with van der Waals surface area (Å²) in [6.45, 7) is -0.212. The number of carbonyl (C=O) groups excluding carboxylic acids is 3. The van der Waals surface area contributed by atoms with Crippen molar-refractivity contribution in [1.82, 2.24) is 24.9 Å². The number of Topliss-reactive ketones (excluding diaryl/α,β-unsaturated/α-hetero) is 1. The van der Waals surface area contributed by atoms with Gasteiger partial charge in [-0.25, -0.2) is 29.7 Å². The van der Waals surface area contributed by atoms with Crippen LogP contribution in [-0.4, -0.2) is 133 Å². The number of esters is 1. The summed E-state index contributed by atoms with van der Waals surface area (Å²) in [5.74, 6) is -3.40. The van der Waals surface area contributed by atoms with Crippen molar-refractivity contribution in [1.29, 1.82) is 15.8 Å². The van der Waals surface area contributed by atoms with Gasteiger partial charge in [0.15, 0.2) is 34.3 Å². The maximum atomic E-state index is 11.8. The first-order chi connectivity index (χ1) is 50.1. The molecule has 10 aromatic rings. The fourth-order valence-corrected chi connectivity index (χ4v) is 8.97. The Morgan fingerprint density at radius 1 is 0.523 bits per heavy atom. The first-order valence-corrected chi connectivity index (χ1v) is 31.8. The average Bonchev–Trinajstić information content (AvgIpc) is 0.864. The molecular weight excluding hydrogens is 1710 g/mol. The van der Waals surface area contributed by atoms with Crippen LogP contribution in [0, 0.1) is 34.0 Å². The Morgan fingerprint density at radius 2 is 0.872 bits per heavy atom. The van der Waals surface area contributed by atoms with Gasteiger partial charge in [0.1, 0.15) is 35.4 Å². The molecule has 26 nitrogen and oxygen atoms in total. The zero-order valence-electron chi connectivity index (χ0n) is 59.4. The molecule has 0 spiro atoms. The van der Waals surface area contributed by atoms with Gasteiger partial charge in [0.2, 0.25) is 0 Å². The van der Waals surface area contributed by atoms with E-state index in [1.54, 1.807) is 103 Å². The average molecular weight is 1770 g/mol. The van der Waals surface area contributed by atoms with Gasteiger partial charge in [-0.3, -0.25) is 19.2 Å². The first-order valence-electron chi connectivity index (χ1n) is 28.7. The molecular formula is C70H60BBrCl8K2N9NaO17. The number of carboxylic acids is 2. The van der Waals surface area contributed by atoms with Crippen molar-refractivity contribution >= 4 is 153 Å². The number of ether oxygens (including phenoxy) is 2. The van der Waals surface area contributed by atoms with E-state index in [4.69, 9.17) is 160 Å². The quantitative estimate of drug-likeness (QED) is 0.0205. The van der Waals surface area contributed by atoms with E-state index in [1.165, 1.54) is 57.1 Å². The predicted molar refractivity (Wildman–Crippen MR) is 405 cm³/mol. The number of benzene rings is 5. The number of hydrogen-bond donors (Lipinski definition) is 8. The SMILES string of the molecule is Br.CO.COC(=O)CN.COc1cc(-c2cccc(Cl)c2)cnc1C#N.C[O-].N#Cc1ncc(-c2cccc(Cl)c2)cc1Cl.N#Cc1ncc(Cl)cc1Cl.O=C(O)CCC(=O)c1ncc(-c2cccc(Cl)c2)cc1O.O=C(O)c1ncc(-c2cccc(Cl)c2)cc1O.O=CO[O-].OB(O)c1cccc(Cl)c1.[H-].[K+].[K+].[Na+]. The van der Waals surface area contributed by atoms with Crippen molar-refractivity contribution in [3.05, 3.63) is 251 Å². The van der Waals surface area contributed by atoms with E-state index >= 15 is 0 Å². The molecule has 0 aliphatic heterocycles. The largest absolute Gasteiger partial charge is 1.00 e. The van der Waals surface area contributed by atoms with Crippen LogP contribution in [-0.2, 0) is 24.0 Å². The summed E-state index contributed by atoms with van der Waals surface area (Å²) in [5, 5.41) is 108. The second-order valence-electron chi connectivity index (χ2n) is 18.9. The number of aliphatic carboxylic acids is 1. The minimum absolute atomic E-state index is 0. The maximum Gasteiger partial charge on any atom is 1.00 e. The van der Waals surface area contributed by atoms with E-state index in [9.17, 15) is 29.4 Å². The fraction of sp³-hybridized carbons (Fsp3) is 0.100. The number of aliphatic hydroxyl groups excluding tert-OH is 1. The number of ketones is 1. The Labute approximate surface area is 785 Å². The van der Waals surface area contributed by atoms with Crippen LogP contribution >= 0.6 is 110 Å². The number of hydrogen-bond acceptors (Lipinski definition) is 24. The topological polar surface area (TPSA) is 463 Å². The van der Waals surface area contributed by atoms with Crippen LogP contribution in [0.3, 0.4) is 0 Å². The number of aromatic hydroxyl groups is 2. The molecule has 9 N–H and O–H groups in total. The van der Waals surface area contributed by atoms with Gasteiger partial charge in [-0.15, -0.1) is 17.0 Å². The summed E-state index contributed by atoms with van der Waals surface area (Å²) in [7, 11) is 3.13. The molecule has 0 unspecified atom stereocenters. The van der Waals surface area contributed by atoms with Gasteiger partial charge in [0.05, 0.1) is 42.3 Å². The van der Waals surface area contributed by atoms with Crippen LogP contribution in [0.2, 0.25) is 40.2 Å². The molecule has 39 heteroatoms. The van der Waals surface area contributed by atoms with Gasteiger partial charge in [0, 0.05) is 91.9 Å². The summed E-state index contributed by atoms with van der Waals surface area (Å²) in [6.07, 6.45) is 6.95. The van der Waals surface area contributed by atoms with Crippen molar-refractivity contribution in [3.8, 4) is 80.0 Å². The molecule has 0 saturated heterocycles. The predicted octanol–water partition coefficient (Wildman–Crippen LogP) is 3.29. The summed E-state index contributed by atoms with van der Waals surface area (Å²) in [6, 6.07) is 48.7. The molecule has 0 aliphatic carbocycles. The molecule has 5 heterocycles. The van der Waals surface area contributed by atoms with E-state index < -0.39 is 24.8 Å². The Morgan fingerprint density at radius 3 is 1.17 bits per heavy atom. The summed E-state index contributed by atoms with van der Waals surface area (Å²) in [5.41, 5.74) is 11.7. The Balaban J connectivity index is -0.000000389. The summed E-state index contributed by atoms with van der Waals surface area (Å²) < 4.78 is 9.25. The zero-order chi connectivity index (χ0) is 79.1. The molecule has 109 heavy (non-hydrogen) atoms. The third-order valence-electron chi connectivity index (χ3n) is 12.0. The smallest absolute Gasteiger partial charge is 1.00 e.